The van der Waals surface area contributed by atoms with Crippen LogP contribution in [0.2, 0.25) is 0 Å². The van der Waals surface area contributed by atoms with Gasteiger partial charge in [-0.15, -0.1) is 0 Å². The summed E-state index contributed by atoms with van der Waals surface area (Å²) in [4.78, 5) is 40.5. The molecule has 1 heterocycles. The molecule has 1 unspecified atom stereocenters. The van der Waals surface area contributed by atoms with Crippen LogP contribution in [0.25, 0.3) is 5.76 Å². The van der Waals surface area contributed by atoms with Crippen LogP contribution in [-0.2, 0) is 9.59 Å². The maximum absolute atomic E-state index is 13.1. The number of ether oxygens (including phenoxy) is 1. The Morgan fingerprint density at radius 1 is 1.15 bits per heavy atom. The van der Waals surface area contributed by atoms with Gasteiger partial charge in [0.25, 0.3) is 17.4 Å². The lowest BCUT2D eigenvalue weighted by Crippen LogP contribution is -2.38. The Labute approximate surface area is 192 Å². The standard InChI is InChI=1S/C24H27N3O6/c1-4-25(5-2)13-14-26-21(16-9-8-10-17(15-16)27(31)32)20(23(29)24(26)30)22(28)18-11-6-7-12-19(18)33-3/h6-12,15,21,28H,4-5,13-14H2,1-3H3/b22-20+. The minimum atomic E-state index is -0.967. The minimum Gasteiger partial charge on any atom is -0.507 e. The molecule has 3 rings (SSSR count). The number of methoxy groups -OCH3 is 1. The second-order valence-electron chi connectivity index (χ2n) is 7.57. The Morgan fingerprint density at radius 2 is 1.85 bits per heavy atom. The summed E-state index contributed by atoms with van der Waals surface area (Å²) < 4.78 is 5.31. The number of ketones is 1. The normalized spacial score (nSPS) is 17.6. The highest BCUT2D eigenvalue weighted by molar-refractivity contribution is 6.46. The summed E-state index contributed by atoms with van der Waals surface area (Å²) in [6.07, 6.45) is 0. The number of hydrogen-bond donors (Lipinski definition) is 1. The highest BCUT2D eigenvalue weighted by Gasteiger charge is 2.46. The topological polar surface area (TPSA) is 113 Å². The number of non-ortho nitro benzene ring substituents is 1. The number of likely N-dealkylation sites (tertiary alicyclic amines) is 1. The first-order chi connectivity index (χ1) is 15.8. The van der Waals surface area contributed by atoms with E-state index >= 15 is 0 Å². The number of nitro benzene ring substituents is 1. The molecule has 1 N–H and O–H groups in total. The number of carbonyl (C=O) groups is 2. The van der Waals surface area contributed by atoms with Crippen molar-refractivity contribution in [3.05, 3.63) is 75.3 Å². The van der Waals surface area contributed by atoms with Gasteiger partial charge in [0.2, 0.25) is 0 Å². The SMILES string of the molecule is CCN(CC)CCN1C(=O)C(=O)/C(=C(/O)c2ccccc2OC)C1c1cccc([N+](=O)[O-])c1. The van der Waals surface area contributed by atoms with E-state index in [-0.39, 0.29) is 29.1 Å². The Bertz CT molecular complexity index is 1090. The van der Waals surface area contributed by atoms with Crippen LogP contribution in [0, 0.1) is 10.1 Å². The van der Waals surface area contributed by atoms with Gasteiger partial charge in [0.15, 0.2) is 0 Å². The van der Waals surface area contributed by atoms with Crippen LogP contribution < -0.4 is 4.74 Å². The lowest BCUT2D eigenvalue weighted by molar-refractivity contribution is -0.384. The van der Waals surface area contributed by atoms with Gasteiger partial charge in [-0.05, 0) is 30.8 Å². The molecular weight excluding hydrogens is 426 g/mol. The molecule has 1 amide bonds. The molecule has 1 aliphatic heterocycles. The zero-order chi connectivity index (χ0) is 24.1. The number of Topliss-reactive ketones (excluding diaryl/α,β-unsaturated/α-hetero) is 1. The second-order valence-corrected chi connectivity index (χ2v) is 7.57. The Morgan fingerprint density at radius 3 is 2.48 bits per heavy atom. The molecule has 0 aromatic heterocycles. The summed E-state index contributed by atoms with van der Waals surface area (Å²) in [5.74, 6) is -1.64. The van der Waals surface area contributed by atoms with E-state index in [1.165, 1.54) is 30.2 Å². The fourth-order valence-corrected chi connectivity index (χ4v) is 4.04. The van der Waals surface area contributed by atoms with E-state index in [1.807, 2.05) is 13.8 Å². The molecule has 0 bridgehead atoms. The first kappa shape index (κ1) is 23.9. The minimum absolute atomic E-state index is 0.121. The predicted octanol–water partition coefficient (Wildman–Crippen LogP) is 3.37. The molecule has 9 nitrogen and oxygen atoms in total. The average molecular weight is 453 g/mol. The number of amides is 1. The maximum atomic E-state index is 13.1. The van der Waals surface area contributed by atoms with Crippen molar-refractivity contribution in [2.75, 3.05) is 33.3 Å². The van der Waals surface area contributed by atoms with Crippen LogP contribution in [0.3, 0.4) is 0 Å². The summed E-state index contributed by atoms with van der Waals surface area (Å²) in [5, 5.41) is 22.5. The molecule has 0 saturated carbocycles. The molecule has 2 aromatic rings. The summed E-state index contributed by atoms with van der Waals surface area (Å²) in [7, 11) is 1.44. The second kappa shape index (κ2) is 10.3. The van der Waals surface area contributed by atoms with Crippen molar-refractivity contribution in [3.8, 4) is 5.75 Å². The smallest absolute Gasteiger partial charge is 0.295 e. The number of nitrogens with zero attached hydrogens (tertiary/aromatic N) is 3. The number of para-hydroxylation sites is 1. The molecule has 0 spiro atoms. The van der Waals surface area contributed by atoms with Crippen LogP contribution >= 0.6 is 0 Å². The monoisotopic (exact) mass is 453 g/mol. The van der Waals surface area contributed by atoms with Gasteiger partial charge in [-0.25, -0.2) is 0 Å². The van der Waals surface area contributed by atoms with E-state index in [0.29, 0.717) is 17.9 Å². The first-order valence-corrected chi connectivity index (χ1v) is 10.7. The van der Waals surface area contributed by atoms with Crippen molar-refractivity contribution in [2.45, 2.75) is 19.9 Å². The highest BCUT2D eigenvalue weighted by atomic mass is 16.6. The molecule has 1 atom stereocenters. The van der Waals surface area contributed by atoms with E-state index in [9.17, 15) is 24.8 Å². The largest absolute Gasteiger partial charge is 0.507 e. The fourth-order valence-electron chi connectivity index (χ4n) is 4.04. The van der Waals surface area contributed by atoms with Crippen LogP contribution in [0.15, 0.2) is 54.1 Å². The van der Waals surface area contributed by atoms with Gasteiger partial charge in [0.05, 0.1) is 29.2 Å². The van der Waals surface area contributed by atoms with Gasteiger partial charge < -0.3 is 19.6 Å². The van der Waals surface area contributed by atoms with Crippen LogP contribution in [0.4, 0.5) is 5.69 Å². The van der Waals surface area contributed by atoms with Gasteiger partial charge in [0, 0.05) is 25.2 Å². The molecule has 0 radical (unpaired) electrons. The number of aliphatic hydroxyl groups excluding tert-OH is 1. The summed E-state index contributed by atoms with van der Waals surface area (Å²) in [5.41, 5.74) is 0.347. The lowest BCUT2D eigenvalue weighted by Gasteiger charge is -2.28. The Balaban J connectivity index is 2.18. The lowest BCUT2D eigenvalue weighted by atomic mass is 9.94. The number of carbonyl (C=O) groups excluding carboxylic acids is 2. The molecule has 174 valence electrons. The van der Waals surface area contributed by atoms with Gasteiger partial charge >= 0.3 is 0 Å². The zero-order valence-corrected chi connectivity index (χ0v) is 18.9. The van der Waals surface area contributed by atoms with Crippen LogP contribution in [0.5, 0.6) is 5.75 Å². The number of aliphatic hydroxyl groups is 1. The fraction of sp³-hybridized carbons (Fsp3) is 0.333. The quantitative estimate of drug-likeness (QED) is 0.204. The molecular formula is C24H27N3O6. The number of hydrogen-bond acceptors (Lipinski definition) is 7. The predicted molar refractivity (Wildman–Crippen MR) is 123 cm³/mol. The highest BCUT2D eigenvalue weighted by Crippen LogP contribution is 2.41. The van der Waals surface area contributed by atoms with Gasteiger partial charge in [-0.3, -0.25) is 19.7 Å². The van der Waals surface area contributed by atoms with Gasteiger partial charge in [-0.1, -0.05) is 38.1 Å². The molecule has 1 fully saturated rings. The van der Waals surface area contributed by atoms with E-state index in [0.717, 1.165) is 13.1 Å². The first-order valence-electron chi connectivity index (χ1n) is 10.7. The van der Waals surface area contributed by atoms with E-state index in [2.05, 4.69) is 4.90 Å². The van der Waals surface area contributed by atoms with Crippen molar-refractivity contribution >= 4 is 23.1 Å². The number of nitro groups is 1. The Hall–Kier alpha value is -3.72. The average Bonchev–Trinajstić information content (AvgIpc) is 3.09. The molecule has 2 aromatic carbocycles. The number of benzene rings is 2. The maximum Gasteiger partial charge on any atom is 0.295 e. The molecule has 33 heavy (non-hydrogen) atoms. The third-order valence-electron chi connectivity index (χ3n) is 5.85. The third kappa shape index (κ3) is 4.73. The summed E-state index contributed by atoms with van der Waals surface area (Å²) in [6, 6.07) is 11.4. The van der Waals surface area contributed by atoms with E-state index < -0.39 is 22.7 Å². The van der Waals surface area contributed by atoms with E-state index in [1.54, 1.807) is 30.3 Å². The van der Waals surface area contributed by atoms with Crippen molar-refractivity contribution in [1.82, 2.24) is 9.80 Å². The van der Waals surface area contributed by atoms with Crippen molar-refractivity contribution in [3.63, 3.8) is 0 Å². The van der Waals surface area contributed by atoms with Crippen LogP contribution in [-0.4, -0.2) is 64.8 Å². The van der Waals surface area contributed by atoms with Gasteiger partial charge in [-0.2, -0.15) is 0 Å². The van der Waals surface area contributed by atoms with Crippen molar-refractivity contribution in [2.24, 2.45) is 0 Å². The Kier molecular flexibility index (Phi) is 7.44. The third-order valence-corrected chi connectivity index (χ3v) is 5.85. The summed E-state index contributed by atoms with van der Waals surface area (Å²) in [6.45, 7) is 6.27. The molecule has 1 aliphatic rings. The molecule has 9 heteroatoms. The molecule has 0 aliphatic carbocycles. The molecule has 1 saturated heterocycles. The van der Waals surface area contributed by atoms with E-state index in [4.69, 9.17) is 4.74 Å². The number of likely N-dealkylation sites (N-methyl/N-ethyl adjacent to an activating group) is 1. The zero-order valence-electron chi connectivity index (χ0n) is 18.9. The van der Waals surface area contributed by atoms with Crippen molar-refractivity contribution < 1.29 is 24.4 Å². The summed E-state index contributed by atoms with van der Waals surface area (Å²) >= 11 is 0. The van der Waals surface area contributed by atoms with Crippen LogP contribution in [0.1, 0.15) is 31.0 Å². The van der Waals surface area contributed by atoms with Gasteiger partial charge in [0.1, 0.15) is 11.5 Å². The van der Waals surface area contributed by atoms with Crippen molar-refractivity contribution in [1.29, 1.82) is 0 Å². The number of rotatable bonds is 9.